The lowest BCUT2D eigenvalue weighted by Crippen LogP contribution is -2.21. The largest absolute Gasteiger partial charge is 0.465 e. The highest BCUT2D eigenvalue weighted by atomic mass is 16.7. The fourth-order valence-corrected chi connectivity index (χ4v) is 2.13. The second kappa shape index (κ2) is 10.4. The van der Waals surface area contributed by atoms with Crippen LogP contribution in [0.1, 0.15) is 64.9 Å². The summed E-state index contributed by atoms with van der Waals surface area (Å²) in [7, 11) is 0. The lowest BCUT2D eigenvalue weighted by Gasteiger charge is -2.19. The minimum atomic E-state index is -0.132. The molecule has 0 aromatic heterocycles. The first-order chi connectivity index (χ1) is 10.2. The van der Waals surface area contributed by atoms with Crippen LogP contribution < -0.4 is 4.74 Å². The Labute approximate surface area is 130 Å². The average Bonchev–Trinajstić information content (AvgIpc) is 2.47. The van der Waals surface area contributed by atoms with Gasteiger partial charge in [0, 0.05) is 6.42 Å². The van der Waals surface area contributed by atoms with Crippen molar-refractivity contribution in [2.45, 2.75) is 65.6 Å². The van der Waals surface area contributed by atoms with Crippen molar-refractivity contribution < 1.29 is 9.47 Å². The van der Waals surface area contributed by atoms with Crippen LogP contribution in [0.5, 0.6) is 5.75 Å². The fraction of sp³-hybridized carbons (Fsp3) is 0.579. The molecule has 0 heterocycles. The minimum absolute atomic E-state index is 0.132. The highest BCUT2D eigenvalue weighted by Gasteiger charge is 2.09. The van der Waals surface area contributed by atoms with E-state index in [4.69, 9.17) is 9.47 Å². The van der Waals surface area contributed by atoms with Crippen LogP contribution in [-0.2, 0) is 4.74 Å². The predicted molar refractivity (Wildman–Crippen MR) is 90.6 cm³/mol. The summed E-state index contributed by atoms with van der Waals surface area (Å²) in [5.41, 5.74) is 2.22. The number of allylic oxidation sites excluding steroid dienone is 1. The summed E-state index contributed by atoms with van der Waals surface area (Å²) in [6.45, 7) is 11.1. The van der Waals surface area contributed by atoms with E-state index in [2.05, 4.69) is 20.4 Å². The maximum atomic E-state index is 5.94. The van der Waals surface area contributed by atoms with Gasteiger partial charge >= 0.3 is 0 Å². The summed E-state index contributed by atoms with van der Waals surface area (Å²) in [4.78, 5) is 0. The third-order valence-electron chi connectivity index (χ3n) is 3.44. The first kappa shape index (κ1) is 17.8. The van der Waals surface area contributed by atoms with E-state index in [-0.39, 0.29) is 6.29 Å². The zero-order valence-corrected chi connectivity index (χ0v) is 13.9. The molecule has 21 heavy (non-hydrogen) atoms. The third-order valence-corrected chi connectivity index (χ3v) is 3.44. The van der Waals surface area contributed by atoms with Gasteiger partial charge in [-0.05, 0) is 31.0 Å². The molecule has 0 fully saturated rings. The van der Waals surface area contributed by atoms with Crippen LogP contribution in [0.2, 0.25) is 0 Å². The molecular weight excluding hydrogens is 260 g/mol. The van der Waals surface area contributed by atoms with Gasteiger partial charge in [0.25, 0.3) is 0 Å². The Bertz CT molecular complexity index is 395. The van der Waals surface area contributed by atoms with Crippen molar-refractivity contribution >= 4 is 5.57 Å². The molecule has 0 amide bonds. The molecule has 0 aliphatic heterocycles. The molecule has 1 aromatic rings. The van der Waals surface area contributed by atoms with Gasteiger partial charge in [-0.3, -0.25) is 0 Å². The topological polar surface area (TPSA) is 18.5 Å². The lowest BCUT2D eigenvalue weighted by atomic mass is 10.1. The number of hydrogen-bond donors (Lipinski definition) is 0. The van der Waals surface area contributed by atoms with Crippen molar-refractivity contribution in [3.63, 3.8) is 0 Å². The van der Waals surface area contributed by atoms with E-state index in [0.717, 1.165) is 42.8 Å². The molecule has 0 N–H and O–H groups in total. The zero-order valence-electron chi connectivity index (χ0n) is 13.9. The molecule has 1 rings (SSSR count). The van der Waals surface area contributed by atoms with E-state index in [1.54, 1.807) is 0 Å². The number of benzene rings is 1. The van der Waals surface area contributed by atoms with Gasteiger partial charge < -0.3 is 9.47 Å². The van der Waals surface area contributed by atoms with E-state index < -0.39 is 0 Å². The summed E-state index contributed by atoms with van der Waals surface area (Å²) in [5, 5.41) is 0. The van der Waals surface area contributed by atoms with Gasteiger partial charge in [-0.1, -0.05) is 63.8 Å². The van der Waals surface area contributed by atoms with Crippen LogP contribution in [-0.4, -0.2) is 12.9 Å². The van der Waals surface area contributed by atoms with Crippen LogP contribution in [0.15, 0.2) is 30.8 Å². The molecule has 1 atom stereocenters. The van der Waals surface area contributed by atoms with E-state index in [9.17, 15) is 0 Å². The predicted octanol–water partition coefficient (Wildman–Crippen LogP) is 5.82. The highest BCUT2D eigenvalue weighted by Crippen LogP contribution is 2.19. The smallest absolute Gasteiger partial charge is 0.199 e. The van der Waals surface area contributed by atoms with Crippen LogP contribution >= 0.6 is 0 Å². The van der Waals surface area contributed by atoms with Gasteiger partial charge in [0.2, 0.25) is 0 Å². The maximum absolute atomic E-state index is 5.94. The molecular formula is C19H30O2. The van der Waals surface area contributed by atoms with Crippen molar-refractivity contribution in [2.24, 2.45) is 0 Å². The van der Waals surface area contributed by atoms with E-state index in [1.807, 2.05) is 31.2 Å². The summed E-state index contributed by atoms with van der Waals surface area (Å²) < 4.78 is 11.8. The van der Waals surface area contributed by atoms with Gasteiger partial charge in [-0.15, -0.1) is 0 Å². The maximum Gasteiger partial charge on any atom is 0.199 e. The molecule has 1 unspecified atom stereocenters. The Morgan fingerprint density at radius 3 is 2.33 bits per heavy atom. The van der Waals surface area contributed by atoms with Crippen molar-refractivity contribution in [1.29, 1.82) is 0 Å². The van der Waals surface area contributed by atoms with Crippen LogP contribution in [0.25, 0.3) is 5.57 Å². The highest BCUT2D eigenvalue weighted by molar-refractivity contribution is 5.61. The van der Waals surface area contributed by atoms with E-state index >= 15 is 0 Å². The molecule has 118 valence electrons. The number of rotatable bonds is 11. The SMILES string of the molecule is C=C(C)c1ccc(OC(CCC)OCCCCCC)cc1. The molecule has 1 aromatic carbocycles. The average molecular weight is 290 g/mol. The molecule has 2 nitrogen and oxygen atoms in total. The number of hydrogen-bond acceptors (Lipinski definition) is 2. The molecule has 0 saturated carbocycles. The number of ether oxygens (including phenoxy) is 2. The summed E-state index contributed by atoms with van der Waals surface area (Å²) >= 11 is 0. The Morgan fingerprint density at radius 2 is 1.76 bits per heavy atom. The fourth-order valence-electron chi connectivity index (χ4n) is 2.13. The first-order valence-electron chi connectivity index (χ1n) is 8.21. The first-order valence-corrected chi connectivity index (χ1v) is 8.21. The summed E-state index contributed by atoms with van der Waals surface area (Å²) in [6, 6.07) is 8.07. The molecule has 2 heteroatoms. The molecule has 0 radical (unpaired) electrons. The molecule has 0 spiro atoms. The number of unbranched alkanes of at least 4 members (excludes halogenated alkanes) is 3. The Hall–Kier alpha value is -1.28. The monoisotopic (exact) mass is 290 g/mol. The molecule has 0 aliphatic carbocycles. The molecule has 0 saturated heterocycles. The minimum Gasteiger partial charge on any atom is -0.465 e. The van der Waals surface area contributed by atoms with Crippen LogP contribution in [0, 0.1) is 0 Å². The second-order valence-corrected chi connectivity index (χ2v) is 5.57. The van der Waals surface area contributed by atoms with E-state index in [0.29, 0.717) is 0 Å². The van der Waals surface area contributed by atoms with Gasteiger partial charge in [0.1, 0.15) is 5.75 Å². The van der Waals surface area contributed by atoms with Gasteiger partial charge in [-0.25, -0.2) is 0 Å². The standard InChI is InChI=1S/C19H30O2/c1-5-7-8-9-15-20-19(10-6-2)21-18-13-11-17(12-14-18)16(3)4/h11-14,19H,3,5-10,15H2,1-2,4H3. The van der Waals surface area contributed by atoms with Crippen molar-refractivity contribution in [3.8, 4) is 5.75 Å². The third kappa shape index (κ3) is 7.33. The second-order valence-electron chi connectivity index (χ2n) is 5.57. The van der Waals surface area contributed by atoms with Crippen molar-refractivity contribution in [3.05, 3.63) is 36.4 Å². The van der Waals surface area contributed by atoms with Gasteiger partial charge in [0.15, 0.2) is 6.29 Å². The quantitative estimate of drug-likeness (QED) is 0.377. The van der Waals surface area contributed by atoms with Crippen molar-refractivity contribution in [1.82, 2.24) is 0 Å². The normalized spacial score (nSPS) is 12.1. The van der Waals surface area contributed by atoms with Crippen LogP contribution in [0.3, 0.4) is 0 Å². The summed E-state index contributed by atoms with van der Waals surface area (Å²) in [6.07, 6.45) is 6.75. The van der Waals surface area contributed by atoms with E-state index in [1.165, 1.54) is 19.3 Å². The molecule has 0 aliphatic rings. The Morgan fingerprint density at radius 1 is 1.05 bits per heavy atom. The van der Waals surface area contributed by atoms with Gasteiger partial charge in [0.05, 0.1) is 6.61 Å². The van der Waals surface area contributed by atoms with Gasteiger partial charge in [-0.2, -0.15) is 0 Å². The Balaban J connectivity index is 2.43. The van der Waals surface area contributed by atoms with Crippen molar-refractivity contribution in [2.75, 3.05) is 6.61 Å². The summed E-state index contributed by atoms with van der Waals surface area (Å²) in [5.74, 6) is 0.868. The molecule has 0 bridgehead atoms. The zero-order chi connectivity index (χ0) is 15.5. The lowest BCUT2D eigenvalue weighted by molar-refractivity contribution is -0.0856. The Kier molecular flexibility index (Phi) is 8.84. The van der Waals surface area contributed by atoms with Crippen LogP contribution in [0.4, 0.5) is 0 Å².